The number of hydrogen-bond acceptors (Lipinski definition) is 6. The molecule has 0 saturated carbocycles. The van der Waals surface area contributed by atoms with Crippen molar-refractivity contribution in [1.29, 1.82) is 0 Å². The van der Waals surface area contributed by atoms with Crippen molar-refractivity contribution in [2.45, 2.75) is 0 Å². The normalized spacial score (nSPS) is 14.7. The lowest BCUT2D eigenvalue weighted by molar-refractivity contribution is -0.127. The Morgan fingerprint density at radius 1 is 1.09 bits per heavy atom. The fourth-order valence-electron chi connectivity index (χ4n) is 3.06. The number of nitrogens with one attached hydrogen (secondary N) is 1. The standard InChI is InChI=1S/C23H15ClN2O6S/c24-17-8-6-13(10-16(17)22(29)30)18-9-7-15(32-18)11-19-21(28)26(23(31)33-19)12-20(27)25-14-4-2-1-3-5-14/h1-11H,12H2,(H,25,27)(H,29,30)/b19-11+. The van der Waals surface area contributed by atoms with Crippen LogP contribution < -0.4 is 5.32 Å². The van der Waals surface area contributed by atoms with Crippen LogP contribution in [-0.2, 0) is 9.59 Å². The molecule has 1 fully saturated rings. The summed E-state index contributed by atoms with van der Waals surface area (Å²) < 4.78 is 5.70. The van der Waals surface area contributed by atoms with Crippen molar-refractivity contribution in [3.05, 3.63) is 81.9 Å². The van der Waals surface area contributed by atoms with E-state index in [2.05, 4.69) is 5.32 Å². The number of carboxylic acids is 1. The summed E-state index contributed by atoms with van der Waals surface area (Å²) in [4.78, 5) is 49.4. The van der Waals surface area contributed by atoms with E-state index in [1.165, 1.54) is 18.2 Å². The van der Waals surface area contributed by atoms with Gasteiger partial charge in [-0.2, -0.15) is 0 Å². The molecule has 2 aromatic carbocycles. The number of furan rings is 1. The zero-order chi connectivity index (χ0) is 23.5. The molecule has 2 N–H and O–H groups in total. The second kappa shape index (κ2) is 9.35. The monoisotopic (exact) mass is 482 g/mol. The molecule has 4 rings (SSSR count). The average molecular weight is 483 g/mol. The first-order valence-corrected chi connectivity index (χ1v) is 10.7. The first-order chi connectivity index (χ1) is 15.8. The van der Waals surface area contributed by atoms with Gasteiger partial charge in [0.2, 0.25) is 5.91 Å². The van der Waals surface area contributed by atoms with Crippen LogP contribution >= 0.6 is 23.4 Å². The first-order valence-electron chi connectivity index (χ1n) is 9.55. The largest absolute Gasteiger partial charge is 0.478 e. The number of carboxylic acid groups (broad SMARTS) is 1. The van der Waals surface area contributed by atoms with Crippen LogP contribution in [-0.4, -0.2) is 39.6 Å². The number of benzene rings is 2. The molecule has 0 radical (unpaired) electrons. The highest BCUT2D eigenvalue weighted by molar-refractivity contribution is 8.18. The van der Waals surface area contributed by atoms with Crippen molar-refractivity contribution in [2.75, 3.05) is 11.9 Å². The van der Waals surface area contributed by atoms with E-state index in [9.17, 15) is 24.3 Å². The minimum atomic E-state index is -1.17. The summed E-state index contributed by atoms with van der Waals surface area (Å²) in [6.07, 6.45) is 1.40. The summed E-state index contributed by atoms with van der Waals surface area (Å²) in [7, 11) is 0. The van der Waals surface area contributed by atoms with E-state index in [-0.39, 0.29) is 21.3 Å². The SMILES string of the molecule is O=C(CN1C(=O)S/C(=C/c2ccc(-c3ccc(Cl)c(C(=O)O)c3)o2)C1=O)Nc1ccccc1. The molecule has 1 aliphatic heterocycles. The molecule has 0 unspecified atom stereocenters. The summed E-state index contributed by atoms with van der Waals surface area (Å²) in [6.45, 7) is -0.414. The Kier molecular flexibility index (Phi) is 6.34. The van der Waals surface area contributed by atoms with Crippen molar-refractivity contribution < 1.29 is 28.7 Å². The number of rotatable bonds is 6. The number of imide groups is 1. The van der Waals surface area contributed by atoms with E-state index in [1.807, 2.05) is 0 Å². The maximum Gasteiger partial charge on any atom is 0.337 e. The van der Waals surface area contributed by atoms with Gasteiger partial charge in [0.25, 0.3) is 11.1 Å². The van der Waals surface area contributed by atoms with E-state index < -0.39 is 29.6 Å². The number of anilines is 1. The van der Waals surface area contributed by atoms with Crippen molar-refractivity contribution >= 4 is 58.1 Å². The Bertz CT molecular complexity index is 1300. The highest BCUT2D eigenvalue weighted by Crippen LogP contribution is 2.33. The maximum atomic E-state index is 12.7. The van der Waals surface area contributed by atoms with Crippen molar-refractivity contribution in [3.63, 3.8) is 0 Å². The summed E-state index contributed by atoms with van der Waals surface area (Å²) >= 11 is 6.60. The molecule has 0 atom stereocenters. The van der Waals surface area contributed by atoms with Crippen molar-refractivity contribution in [3.8, 4) is 11.3 Å². The molecule has 10 heteroatoms. The van der Waals surface area contributed by atoms with E-state index in [1.54, 1.807) is 48.5 Å². The van der Waals surface area contributed by atoms with Crippen LogP contribution in [0.2, 0.25) is 5.02 Å². The van der Waals surface area contributed by atoms with Gasteiger partial charge in [-0.25, -0.2) is 4.79 Å². The second-order valence-corrected chi connectivity index (χ2v) is 8.28. The van der Waals surface area contributed by atoms with Crippen LogP contribution in [0.1, 0.15) is 16.1 Å². The summed E-state index contributed by atoms with van der Waals surface area (Å²) in [5.41, 5.74) is 0.977. The molecule has 3 amide bonds. The third-order valence-corrected chi connectivity index (χ3v) is 5.85. The number of carbonyl (C=O) groups is 4. The molecule has 1 aliphatic rings. The molecule has 0 aliphatic carbocycles. The minimum Gasteiger partial charge on any atom is -0.478 e. The van der Waals surface area contributed by atoms with Gasteiger partial charge in [-0.1, -0.05) is 29.8 Å². The number of para-hydroxylation sites is 1. The highest BCUT2D eigenvalue weighted by Gasteiger charge is 2.36. The van der Waals surface area contributed by atoms with Gasteiger partial charge in [-0.3, -0.25) is 19.3 Å². The Balaban J connectivity index is 1.48. The Labute approximate surface area is 196 Å². The minimum absolute atomic E-state index is 0.0676. The van der Waals surface area contributed by atoms with Crippen molar-refractivity contribution in [2.24, 2.45) is 0 Å². The lowest BCUT2D eigenvalue weighted by Gasteiger charge is -2.12. The lowest BCUT2D eigenvalue weighted by atomic mass is 10.1. The van der Waals surface area contributed by atoms with Crippen LogP contribution in [0.15, 0.2) is 70.0 Å². The van der Waals surface area contributed by atoms with Gasteiger partial charge in [0, 0.05) is 17.3 Å². The Hall–Kier alpha value is -3.82. The van der Waals surface area contributed by atoms with E-state index in [0.29, 0.717) is 28.8 Å². The molecular weight excluding hydrogens is 468 g/mol. The van der Waals surface area contributed by atoms with Gasteiger partial charge in [0.1, 0.15) is 18.1 Å². The summed E-state index contributed by atoms with van der Waals surface area (Å²) in [5.74, 6) is -1.62. The third kappa shape index (κ3) is 5.00. The molecule has 166 valence electrons. The topological polar surface area (TPSA) is 117 Å². The van der Waals surface area contributed by atoms with Crippen LogP contribution in [0.4, 0.5) is 10.5 Å². The van der Waals surface area contributed by atoms with Gasteiger partial charge in [0.15, 0.2) is 0 Å². The lowest BCUT2D eigenvalue weighted by Crippen LogP contribution is -2.36. The van der Waals surface area contributed by atoms with Gasteiger partial charge in [0.05, 0.1) is 15.5 Å². The molecule has 1 aromatic heterocycles. The quantitative estimate of drug-likeness (QED) is 0.476. The maximum absolute atomic E-state index is 12.7. The average Bonchev–Trinajstić information content (AvgIpc) is 3.35. The number of thioether (sulfide) groups is 1. The fraction of sp³-hybridized carbons (Fsp3) is 0.0435. The Morgan fingerprint density at radius 2 is 1.85 bits per heavy atom. The molecule has 0 spiro atoms. The van der Waals surface area contributed by atoms with Gasteiger partial charge in [-0.15, -0.1) is 0 Å². The van der Waals surface area contributed by atoms with E-state index in [0.717, 1.165) is 4.90 Å². The fourth-order valence-corrected chi connectivity index (χ4v) is 4.08. The molecule has 3 aromatic rings. The molecule has 33 heavy (non-hydrogen) atoms. The zero-order valence-corrected chi connectivity index (χ0v) is 18.4. The second-order valence-electron chi connectivity index (χ2n) is 6.88. The number of carbonyl (C=O) groups excluding carboxylic acids is 3. The molecular formula is C23H15ClN2O6S. The number of aromatic carboxylic acids is 1. The van der Waals surface area contributed by atoms with E-state index in [4.69, 9.17) is 16.0 Å². The first kappa shape index (κ1) is 22.4. The van der Waals surface area contributed by atoms with Crippen LogP contribution in [0.5, 0.6) is 0 Å². The molecule has 0 bridgehead atoms. The predicted octanol–water partition coefficient (Wildman–Crippen LogP) is 4.97. The van der Waals surface area contributed by atoms with Gasteiger partial charge in [-0.05, 0) is 54.2 Å². The van der Waals surface area contributed by atoms with Crippen LogP contribution in [0.25, 0.3) is 17.4 Å². The third-order valence-electron chi connectivity index (χ3n) is 4.61. The Morgan fingerprint density at radius 3 is 2.58 bits per heavy atom. The highest BCUT2D eigenvalue weighted by atomic mass is 35.5. The van der Waals surface area contributed by atoms with Crippen molar-refractivity contribution in [1.82, 2.24) is 4.90 Å². The van der Waals surface area contributed by atoms with E-state index >= 15 is 0 Å². The van der Waals surface area contributed by atoms with Gasteiger partial charge >= 0.3 is 5.97 Å². The predicted molar refractivity (Wildman–Crippen MR) is 124 cm³/mol. The number of amides is 3. The summed E-state index contributed by atoms with van der Waals surface area (Å²) in [5, 5.41) is 11.4. The number of halogens is 1. The number of hydrogen-bond donors (Lipinski definition) is 2. The smallest absolute Gasteiger partial charge is 0.337 e. The van der Waals surface area contributed by atoms with Crippen LogP contribution in [0.3, 0.4) is 0 Å². The van der Waals surface area contributed by atoms with Crippen LogP contribution in [0, 0.1) is 0 Å². The zero-order valence-electron chi connectivity index (χ0n) is 16.8. The molecule has 2 heterocycles. The molecule has 8 nitrogen and oxygen atoms in total. The molecule has 1 saturated heterocycles. The van der Waals surface area contributed by atoms with Gasteiger partial charge < -0.3 is 14.8 Å². The number of nitrogens with zero attached hydrogens (tertiary/aromatic N) is 1. The summed E-state index contributed by atoms with van der Waals surface area (Å²) in [6, 6.07) is 16.3.